The van der Waals surface area contributed by atoms with Gasteiger partial charge in [0.05, 0.1) is 7.11 Å². The number of likely N-dealkylation sites (tertiary alicyclic amines) is 1. The molecule has 0 spiro atoms. The molecule has 0 N–H and O–H groups in total. The fourth-order valence-electron chi connectivity index (χ4n) is 4.22. The summed E-state index contributed by atoms with van der Waals surface area (Å²) >= 11 is 0. The molecule has 0 amide bonds. The Morgan fingerprint density at radius 2 is 1.96 bits per heavy atom. The molecule has 126 valence electrons. The van der Waals surface area contributed by atoms with Gasteiger partial charge in [0.2, 0.25) is 0 Å². The summed E-state index contributed by atoms with van der Waals surface area (Å²) < 4.78 is 11.3. The van der Waals surface area contributed by atoms with Crippen LogP contribution in [0.5, 0.6) is 11.5 Å². The normalized spacial score (nSPS) is 25.8. The maximum atomic E-state index is 6.10. The van der Waals surface area contributed by atoms with Crippen LogP contribution < -0.4 is 9.47 Å². The van der Waals surface area contributed by atoms with Crippen LogP contribution in [0.4, 0.5) is 0 Å². The number of aromatic nitrogens is 1. The second kappa shape index (κ2) is 6.81. The molecule has 2 heterocycles. The molecule has 1 aliphatic heterocycles. The lowest BCUT2D eigenvalue weighted by Gasteiger charge is -2.35. The Bertz CT molecular complexity index is 659. The van der Waals surface area contributed by atoms with Gasteiger partial charge in [0.15, 0.2) is 0 Å². The number of piperidine rings is 1. The molecular weight excluding hydrogens is 300 g/mol. The fourth-order valence-corrected chi connectivity index (χ4v) is 4.22. The Hall–Kier alpha value is -2.07. The summed E-state index contributed by atoms with van der Waals surface area (Å²) in [6, 6.07) is 13.3. The zero-order valence-corrected chi connectivity index (χ0v) is 14.1. The van der Waals surface area contributed by atoms with Crippen molar-refractivity contribution in [2.24, 2.45) is 5.92 Å². The minimum Gasteiger partial charge on any atom is -0.497 e. The predicted octanol–water partition coefficient (Wildman–Crippen LogP) is 3.52. The van der Waals surface area contributed by atoms with E-state index in [4.69, 9.17) is 9.47 Å². The molecule has 2 aliphatic rings. The van der Waals surface area contributed by atoms with Crippen molar-refractivity contribution in [1.29, 1.82) is 0 Å². The van der Waals surface area contributed by atoms with Gasteiger partial charge in [-0.3, -0.25) is 9.88 Å². The predicted molar refractivity (Wildman–Crippen MR) is 93.2 cm³/mol. The summed E-state index contributed by atoms with van der Waals surface area (Å²) in [5.41, 5.74) is 1.29. The molecule has 4 rings (SSSR count). The first-order chi connectivity index (χ1) is 11.8. The minimum absolute atomic E-state index is 0.506. The van der Waals surface area contributed by atoms with E-state index in [1.54, 1.807) is 7.11 Å². The van der Waals surface area contributed by atoms with E-state index in [2.05, 4.69) is 16.0 Å². The van der Waals surface area contributed by atoms with Crippen molar-refractivity contribution in [3.8, 4) is 11.5 Å². The maximum absolute atomic E-state index is 6.10. The van der Waals surface area contributed by atoms with E-state index in [1.807, 2.05) is 42.7 Å². The zero-order chi connectivity index (χ0) is 16.4. The number of ether oxygens (including phenoxy) is 2. The number of hydrogen-bond acceptors (Lipinski definition) is 4. The highest BCUT2D eigenvalue weighted by Gasteiger charge is 2.45. The summed E-state index contributed by atoms with van der Waals surface area (Å²) in [7, 11) is 1.68. The van der Waals surface area contributed by atoms with E-state index in [1.165, 1.54) is 24.8 Å². The third-order valence-corrected chi connectivity index (χ3v) is 5.45. The summed E-state index contributed by atoms with van der Waals surface area (Å²) in [6.45, 7) is 1.74. The highest BCUT2D eigenvalue weighted by atomic mass is 16.5. The number of hydrogen-bond donors (Lipinski definition) is 0. The van der Waals surface area contributed by atoms with Gasteiger partial charge in [-0.15, -0.1) is 0 Å². The van der Waals surface area contributed by atoms with E-state index < -0.39 is 0 Å². The molecule has 1 aromatic carbocycles. The molecule has 1 aromatic heterocycles. The smallest absolute Gasteiger partial charge is 0.119 e. The maximum Gasteiger partial charge on any atom is 0.119 e. The van der Waals surface area contributed by atoms with Crippen molar-refractivity contribution in [2.45, 2.75) is 37.9 Å². The monoisotopic (exact) mass is 324 g/mol. The fraction of sp³-hybridized carbons (Fsp3) is 0.450. The van der Waals surface area contributed by atoms with Crippen LogP contribution in [0.15, 0.2) is 48.8 Å². The Kier molecular flexibility index (Phi) is 4.39. The molecular formula is C20H24N2O2. The van der Waals surface area contributed by atoms with Gasteiger partial charge in [-0.1, -0.05) is 6.07 Å². The van der Waals surface area contributed by atoms with Crippen molar-refractivity contribution in [2.75, 3.05) is 13.7 Å². The topological polar surface area (TPSA) is 34.6 Å². The van der Waals surface area contributed by atoms with E-state index in [-0.39, 0.29) is 0 Å². The molecule has 4 heteroatoms. The van der Waals surface area contributed by atoms with E-state index in [0.29, 0.717) is 12.1 Å². The van der Waals surface area contributed by atoms with E-state index in [0.717, 1.165) is 30.6 Å². The second-order valence-corrected chi connectivity index (χ2v) is 6.81. The Morgan fingerprint density at radius 1 is 1.12 bits per heavy atom. The third-order valence-electron chi connectivity index (χ3n) is 5.45. The lowest BCUT2D eigenvalue weighted by atomic mass is 9.99. The number of fused-ring (bicyclic) bond motifs is 2. The average molecular weight is 324 g/mol. The molecule has 1 saturated heterocycles. The minimum atomic E-state index is 0.506. The molecule has 24 heavy (non-hydrogen) atoms. The molecule has 0 radical (unpaired) electrons. The Labute approximate surface area is 143 Å². The highest BCUT2D eigenvalue weighted by Crippen LogP contribution is 2.43. The number of nitrogens with zero attached hydrogens (tertiary/aromatic N) is 2. The van der Waals surface area contributed by atoms with Crippen LogP contribution in [0.1, 0.15) is 24.8 Å². The Balaban J connectivity index is 1.42. The van der Waals surface area contributed by atoms with Gasteiger partial charge < -0.3 is 9.47 Å². The largest absolute Gasteiger partial charge is 0.497 e. The molecule has 1 aliphatic carbocycles. The first-order valence-electron chi connectivity index (χ1n) is 8.75. The molecule has 4 nitrogen and oxygen atoms in total. The van der Waals surface area contributed by atoms with E-state index >= 15 is 0 Å². The van der Waals surface area contributed by atoms with Crippen molar-refractivity contribution in [1.82, 2.24) is 9.88 Å². The number of methoxy groups -OCH3 is 1. The second-order valence-electron chi connectivity index (χ2n) is 6.81. The van der Waals surface area contributed by atoms with Gasteiger partial charge in [-0.25, -0.2) is 0 Å². The van der Waals surface area contributed by atoms with Crippen molar-refractivity contribution >= 4 is 0 Å². The van der Waals surface area contributed by atoms with Gasteiger partial charge in [0.25, 0.3) is 0 Å². The summed E-state index contributed by atoms with van der Waals surface area (Å²) in [5, 5.41) is 0. The molecule has 2 fully saturated rings. The van der Waals surface area contributed by atoms with Crippen LogP contribution in [0.3, 0.4) is 0 Å². The van der Waals surface area contributed by atoms with Gasteiger partial charge in [0.1, 0.15) is 18.1 Å². The van der Waals surface area contributed by atoms with Crippen molar-refractivity contribution < 1.29 is 9.47 Å². The van der Waals surface area contributed by atoms with Crippen LogP contribution in [0.25, 0.3) is 0 Å². The zero-order valence-electron chi connectivity index (χ0n) is 14.1. The van der Waals surface area contributed by atoms with Crippen LogP contribution >= 0.6 is 0 Å². The first-order valence-corrected chi connectivity index (χ1v) is 8.75. The first kappa shape index (κ1) is 15.5. The summed E-state index contributed by atoms with van der Waals surface area (Å²) in [6.07, 6.45) is 7.79. The summed E-state index contributed by atoms with van der Waals surface area (Å²) in [5.74, 6) is 2.55. The van der Waals surface area contributed by atoms with Gasteiger partial charge in [-0.05, 0) is 61.1 Å². The lowest BCUT2D eigenvalue weighted by molar-refractivity contribution is 0.0866. The van der Waals surface area contributed by atoms with Crippen molar-refractivity contribution in [3.63, 3.8) is 0 Å². The number of benzene rings is 1. The SMILES string of the molecule is COc1ccc(OC[C@H]2[C@@H]3CC[C@@H](C3)N2Cc2cccnc2)cc1. The van der Waals surface area contributed by atoms with Crippen LogP contribution in [-0.4, -0.2) is 35.7 Å². The lowest BCUT2D eigenvalue weighted by Crippen LogP contribution is -2.43. The molecule has 2 bridgehead atoms. The third kappa shape index (κ3) is 3.11. The molecule has 1 saturated carbocycles. The molecule has 2 aromatic rings. The van der Waals surface area contributed by atoms with E-state index in [9.17, 15) is 0 Å². The van der Waals surface area contributed by atoms with Gasteiger partial charge in [0, 0.05) is 31.0 Å². The van der Waals surface area contributed by atoms with Crippen LogP contribution in [-0.2, 0) is 6.54 Å². The van der Waals surface area contributed by atoms with Crippen LogP contribution in [0, 0.1) is 5.92 Å². The van der Waals surface area contributed by atoms with Crippen LogP contribution in [0.2, 0.25) is 0 Å². The standard InChI is InChI=1S/C20H24N2O2/c1-23-18-6-8-19(9-7-18)24-14-20-16-4-5-17(11-16)22(20)13-15-3-2-10-21-12-15/h2-3,6-10,12,16-17,20H,4-5,11,13-14H2,1H3/t16-,17+,20+/m1/s1. The quantitative estimate of drug-likeness (QED) is 0.814. The summed E-state index contributed by atoms with van der Waals surface area (Å²) in [4.78, 5) is 6.89. The van der Waals surface area contributed by atoms with Gasteiger partial charge in [-0.2, -0.15) is 0 Å². The molecule has 3 atom stereocenters. The highest BCUT2D eigenvalue weighted by molar-refractivity contribution is 5.31. The van der Waals surface area contributed by atoms with Gasteiger partial charge >= 0.3 is 0 Å². The number of rotatable bonds is 6. The number of pyridine rings is 1. The average Bonchev–Trinajstić information content (AvgIpc) is 3.23. The molecule has 0 unspecified atom stereocenters. The Morgan fingerprint density at radius 3 is 2.71 bits per heavy atom. The van der Waals surface area contributed by atoms with Crippen molar-refractivity contribution in [3.05, 3.63) is 54.4 Å².